The topological polar surface area (TPSA) is 52.6 Å². The maximum absolute atomic E-state index is 12.7. The van der Waals surface area contributed by atoms with Gasteiger partial charge in [-0.2, -0.15) is 0 Å². The van der Waals surface area contributed by atoms with Gasteiger partial charge in [0.05, 0.1) is 0 Å². The molecule has 0 aliphatic carbocycles. The Morgan fingerprint density at radius 3 is 1.68 bits per heavy atom. The van der Waals surface area contributed by atoms with Gasteiger partial charge in [-0.3, -0.25) is 9.59 Å². The average Bonchev–Trinajstić information content (AvgIpc) is 2.91. The van der Waals surface area contributed by atoms with Gasteiger partial charge >= 0.3 is 0 Å². The van der Waals surface area contributed by atoms with Crippen molar-refractivity contribution in [3.8, 4) is 23.0 Å². The zero-order chi connectivity index (χ0) is 26.0. The van der Waals surface area contributed by atoms with Crippen molar-refractivity contribution in [1.29, 1.82) is 0 Å². The van der Waals surface area contributed by atoms with E-state index >= 15 is 0 Å². The number of hydrogen-bond donors (Lipinski definition) is 0. The lowest BCUT2D eigenvalue weighted by Gasteiger charge is -2.08. The fraction of sp³-hybridized carbons (Fsp3) is 0.152. The van der Waals surface area contributed by atoms with Crippen LogP contribution in [0.15, 0.2) is 115 Å². The molecule has 186 valence electrons. The normalized spacial score (nSPS) is 11.0. The molecule has 0 aromatic heterocycles. The third-order valence-electron chi connectivity index (χ3n) is 5.69. The lowest BCUT2D eigenvalue weighted by Crippen LogP contribution is -2.03. The standard InChI is InChI=1S/C33H30O4/c1-24(2)7-6-10-32(34)26-13-19-31(20-14-26)37-29-17-11-25(12-18-29)23-33(35)27-15-21-30(22-16-27)36-28-8-4-3-5-9-28/h3-6,8-22,24H,7,23H2,1-2H3/b10-6+. The molecule has 0 amide bonds. The van der Waals surface area contributed by atoms with Gasteiger partial charge in [0.2, 0.25) is 0 Å². The highest BCUT2D eigenvalue weighted by Gasteiger charge is 2.09. The van der Waals surface area contributed by atoms with E-state index in [4.69, 9.17) is 9.47 Å². The molecule has 4 rings (SSSR count). The molecule has 0 aliphatic heterocycles. The van der Waals surface area contributed by atoms with Crippen molar-refractivity contribution in [1.82, 2.24) is 0 Å². The van der Waals surface area contributed by atoms with Gasteiger partial charge in [-0.05, 0) is 96.8 Å². The van der Waals surface area contributed by atoms with Crippen LogP contribution < -0.4 is 9.47 Å². The van der Waals surface area contributed by atoms with E-state index in [1.165, 1.54) is 0 Å². The smallest absolute Gasteiger partial charge is 0.185 e. The SMILES string of the molecule is CC(C)C/C=C/C(=O)c1ccc(Oc2ccc(CC(=O)c3ccc(Oc4ccccc4)cc3)cc2)cc1. The first-order chi connectivity index (χ1) is 18.0. The van der Waals surface area contributed by atoms with Crippen LogP contribution in [0.3, 0.4) is 0 Å². The van der Waals surface area contributed by atoms with Crippen LogP contribution in [0.5, 0.6) is 23.0 Å². The lowest BCUT2D eigenvalue weighted by molar-refractivity contribution is 0.0991. The Hall–Kier alpha value is -4.44. The van der Waals surface area contributed by atoms with Gasteiger partial charge in [0, 0.05) is 17.5 Å². The number of carbonyl (C=O) groups is 2. The van der Waals surface area contributed by atoms with Crippen LogP contribution in [-0.2, 0) is 6.42 Å². The Kier molecular flexibility index (Phi) is 8.66. The van der Waals surface area contributed by atoms with E-state index in [0.717, 1.165) is 17.7 Å². The molecule has 4 aromatic rings. The van der Waals surface area contributed by atoms with E-state index < -0.39 is 0 Å². The minimum absolute atomic E-state index is 0.0143. The quantitative estimate of drug-likeness (QED) is 0.156. The predicted molar refractivity (Wildman–Crippen MR) is 147 cm³/mol. The van der Waals surface area contributed by atoms with Gasteiger partial charge in [-0.25, -0.2) is 0 Å². The van der Waals surface area contributed by atoms with Crippen LogP contribution in [0, 0.1) is 5.92 Å². The monoisotopic (exact) mass is 490 g/mol. The fourth-order valence-corrected chi connectivity index (χ4v) is 3.66. The molecule has 4 nitrogen and oxygen atoms in total. The number of carbonyl (C=O) groups excluding carboxylic acids is 2. The Balaban J connectivity index is 1.30. The number of ether oxygens (including phenoxy) is 2. The number of para-hydroxylation sites is 1. The van der Waals surface area contributed by atoms with Crippen LogP contribution in [0.25, 0.3) is 0 Å². The summed E-state index contributed by atoms with van der Waals surface area (Å²) >= 11 is 0. The minimum Gasteiger partial charge on any atom is -0.457 e. The number of allylic oxidation sites excluding steroid dienone is 2. The first-order valence-electron chi connectivity index (χ1n) is 12.4. The van der Waals surface area contributed by atoms with Gasteiger partial charge in [0.15, 0.2) is 11.6 Å². The zero-order valence-corrected chi connectivity index (χ0v) is 21.1. The van der Waals surface area contributed by atoms with Gasteiger partial charge in [-0.1, -0.05) is 50.3 Å². The van der Waals surface area contributed by atoms with Crippen molar-refractivity contribution in [2.75, 3.05) is 0 Å². The van der Waals surface area contributed by atoms with Crippen molar-refractivity contribution >= 4 is 11.6 Å². The van der Waals surface area contributed by atoms with Crippen molar-refractivity contribution < 1.29 is 19.1 Å². The molecule has 0 fully saturated rings. The third-order valence-corrected chi connectivity index (χ3v) is 5.69. The number of Topliss-reactive ketones (excluding diaryl/α,β-unsaturated/α-hetero) is 1. The van der Waals surface area contributed by atoms with Crippen LogP contribution in [0.1, 0.15) is 46.5 Å². The molecule has 0 bridgehead atoms. The fourth-order valence-electron chi connectivity index (χ4n) is 3.66. The maximum Gasteiger partial charge on any atom is 0.185 e. The van der Waals surface area contributed by atoms with Gasteiger partial charge in [-0.15, -0.1) is 0 Å². The zero-order valence-electron chi connectivity index (χ0n) is 21.1. The summed E-state index contributed by atoms with van der Waals surface area (Å²) < 4.78 is 11.7. The van der Waals surface area contributed by atoms with E-state index in [-0.39, 0.29) is 11.6 Å². The number of ketones is 2. The largest absolute Gasteiger partial charge is 0.457 e. The number of rotatable bonds is 11. The van der Waals surface area contributed by atoms with E-state index in [2.05, 4.69) is 13.8 Å². The first kappa shape index (κ1) is 25.6. The first-order valence-corrected chi connectivity index (χ1v) is 12.4. The molecule has 0 aliphatic rings. The second-order valence-electron chi connectivity index (χ2n) is 9.21. The molecule has 0 saturated carbocycles. The molecule has 0 atom stereocenters. The van der Waals surface area contributed by atoms with Crippen molar-refractivity contribution in [3.05, 3.63) is 132 Å². The van der Waals surface area contributed by atoms with Crippen LogP contribution in [0.4, 0.5) is 0 Å². The van der Waals surface area contributed by atoms with Gasteiger partial charge < -0.3 is 9.47 Å². The lowest BCUT2D eigenvalue weighted by atomic mass is 10.0. The van der Waals surface area contributed by atoms with Gasteiger partial charge in [0.25, 0.3) is 0 Å². The second-order valence-corrected chi connectivity index (χ2v) is 9.21. The number of hydrogen-bond acceptors (Lipinski definition) is 4. The highest BCUT2D eigenvalue weighted by atomic mass is 16.5. The summed E-state index contributed by atoms with van der Waals surface area (Å²) in [4.78, 5) is 25.0. The summed E-state index contributed by atoms with van der Waals surface area (Å²) in [5, 5.41) is 0. The third kappa shape index (κ3) is 7.77. The molecule has 0 unspecified atom stereocenters. The molecule has 37 heavy (non-hydrogen) atoms. The Morgan fingerprint density at radius 1 is 0.649 bits per heavy atom. The molecule has 4 aromatic carbocycles. The van der Waals surface area contributed by atoms with Crippen molar-refractivity contribution in [2.24, 2.45) is 5.92 Å². The molecular weight excluding hydrogens is 460 g/mol. The van der Waals surface area contributed by atoms with Crippen molar-refractivity contribution in [3.63, 3.8) is 0 Å². The molecule has 4 heteroatoms. The molecule has 0 spiro atoms. The summed E-state index contributed by atoms with van der Waals surface area (Å²) in [5.41, 5.74) is 2.16. The molecule has 0 N–H and O–H groups in total. The summed E-state index contributed by atoms with van der Waals surface area (Å²) in [6.07, 6.45) is 4.72. The van der Waals surface area contributed by atoms with Gasteiger partial charge in [0.1, 0.15) is 23.0 Å². The van der Waals surface area contributed by atoms with Crippen molar-refractivity contribution in [2.45, 2.75) is 26.7 Å². The summed E-state index contributed by atoms with van der Waals surface area (Å²) in [5.74, 6) is 3.28. The maximum atomic E-state index is 12.7. The average molecular weight is 491 g/mol. The van der Waals surface area contributed by atoms with E-state index in [1.54, 1.807) is 54.6 Å². The Labute approximate surface area is 218 Å². The van der Waals surface area contributed by atoms with E-state index in [0.29, 0.717) is 40.7 Å². The van der Waals surface area contributed by atoms with Crippen LogP contribution in [-0.4, -0.2) is 11.6 Å². The molecule has 0 saturated heterocycles. The second kappa shape index (κ2) is 12.5. The summed E-state index contributed by atoms with van der Waals surface area (Å²) in [6, 6.07) is 31.3. The number of benzene rings is 4. The summed E-state index contributed by atoms with van der Waals surface area (Å²) in [7, 11) is 0. The Morgan fingerprint density at radius 2 is 1.14 bits per heavy atom. The molecule has 0 radical (unpaired) electrons. The van der Waals surface area contributed by atoms with E-state index in [1.807, 2.05) is 60.7 Å². The Bertz CT molecular complexity index is 1330. The minimum atomic E-state index is -0.0143. The molecular formula is C33H30O4. The van der Waals surface area contributed by atoms with Crippen LogP contribution in [0.2, 0.25) is 0 Å². The highest BCUT2D eigenvalue weighted by Crippen LogP contribution is 2.24. The van der Waals surface area contributed by atoms with Crippen LogP contribution >= 0.6 is 0 Å². The predicted octanol–water partition coefficient (Wildman–Crippen LogP) is 8.48. The van der Waals surface area contributed by atoms with E-state index in [9.17, 15) is 9.59 Å². The highest BCUT2D eigenvalue weighted by molar-refractivity contribution is 6.04. The summed E-state index contributed by atoms with van der Waals surface area (Å²) in [6.45, 7) is 4.24. The molecule has 0 heterocycles.